The smallest absolute Gasteiger partial charge is 0.264 e. The van der Waals surface area contributed by atoms with Gasteiger partial charge in [0.1, 0.15) is 5.75 Å². The van der Waals surface area contributed by atoms with Crippen molar-refractivity contribution in [2.24, 2.45) is 0 Å². The van der Waals surface area contributed by atoms with Crippen molar-refractivity contribution in [1.82, 2.24) is 4.98 Å². The molecule has 1 heterocycles. The molecule has 146 valence electrons. The molecule has 3 rings (SSSR count). The van der Waals surface area contributed by atoms with Gasteiger partial charge >= 0.3 is 0 Å². The third kappa shape index (κ3) is 5.42. The van der Waals surface area contributed by atoms with Crippen molar-refractivity contribution < 1.29 is 9.53 Å². The highest BCUT2D eigenvalue weighted by Crippen LogP contribution is 2.26. The first-order valence-corrected chi connectivity index (χ1v) is 10.4. The molecule has 0 atom stereocenters. The summed E-state index contributed by atoms with van der Waals surface area (Å²) in [5.41, 5.74) is 3.67. The summed E-state index contributed by atoms with van der Waals surface area (Å²) in [6.45, 7) is 6.33. The number of aromatic nitrogens is 1. The lowest BCUT2D eigenvalue weighted by Crippen LogP contribution is -2.20. The molecular weight excluding hydrogens is 368 g/mol. The van der Waals surface area contributed by atoms with E-state index in [0.29, 0.717) is 11.0 Å². The first-order chi connectivity index (χ1) is 13.5. The second-order valence-electron chi connectivity index (χ2n) is 7.01. The number of amides is 1. The Bertz CT molecular complexity index is 916. The van der Waals surface area contributed by atoms with E-state index in [-0.39, 0.29) is 12.5 Å². The van der Waals surface area contributed by atoms with Crippen LogP contribution >= 0.6 is 11.3 Å². The summed E-state index contributed by atoms with van der Waals surface area (Å²) in [5.74, 6) is 0.891. The van der Waals surface area contributed by atoms with Crippen LogP contribution in [0.2, 0.25) is 0 Å². The molecule has 0 saturated heterocycles. The predicted molar refractivity (Wildman–Crippen MR) is 115 cm³/mol. The van der Waals surface area contributed by atoms with Crippen molar-refractivity contribution in [2.75, 3.05) is 11.9 Å². The highest BCUT2D eigenvalue weighted by atomic mass is 32.1. The summed E-state index contributed by atoms with van der Waals surface area (Å²) in [6.07, 6.45) is 3.68. The number of carbonyl (C=O) groups excluding carboxylic acids is 1. The zero-order chi connectivity index (χ0) is 19.9. The van der Waals surface area contributed by atoms with Crippen LogP contribution in [0.15, 0.2) is 54.7 Å². The van der Waals surface area contributed by atoms with Gasteiger partial charge in [0.15, 0.2) is 11.7 Å². The van der Waals surface area contributed by atoms with E-state index in [9.17, 15) is 4.79 Å². The summed E-state index contributed by atoms with van der Waals surface area (Å²) in [7, 11) is 0. The molecule has 0 aliphatic heterocycles. The molecule has 0 aliphatic rings. The van der Waals surface area contributed by atoms with Gasteiger partial charge in [-0.05, 0) is 35.1 Å². The molecule has 0 fully saturated rings. The Kier molecular flexibility index (Phi) is 6.82. The highest BCUT2D eigenvalue weighted by Gasteiger charge is 2.11. The molecule has 1 N–H and O–H groups in total. The maximum Gasteiger partial charge on any atom is 0.264 e. The number of hydrogen-bond acceptors (Lipinski definition) is 4. The molecule has 0 radical (unpaired) electrons. The van der Waals surface area contributed by atoms with Gasteiger partial charge in [-0.1, -0.05) is 63.2 Å². The molecule has 0 unspecified atom stereocenters. The second-order valence-corrected chi connectivity index (χ2v) is 8.12. The molecule has 1 aromatic heterocycles. The van der Waals surface area contributed by atoms with E-state index in [1.54, 1.807) is 0 Å². The number of hydrogen-bond donors (Lipinski definition) is 1. The third-order valence-corrected chi connectivity index (χ3v) is 5.42. The molecule has 0 bridgehead atoms. The molecule has 2 aromatic carbocycles. The standard InChI is InChI=1S/C23H26N2O2S/c1-4-17-9-11-18(12-10-17)13-19-14-24-23(28-19)25-22(26)15-27-21-8-6-5-7-20(21)16(2)3/h5-12,14,16H,4,13,15H2,1-3H3,(H,24,25,26). The van der Waals surface area contributed by atoms with E-state index < -0.39 is 0 Å². The Morgan fingerprint density at radius 2 is 1.82 bits per heavy atom. The van der Waals surface area contributed by atoms with Gasteiger partial charge in [0.25, 0.3) is 5.91 Å². The van der Waals surface area contributed by atoms with Crippen LogP contribution < -0.4 is 10.1 Å². The number of anilines is 1. The SMILES string of the molecule is CCc1ccc(Cc2cnc(NC(=O)COc3ccccc3C(C)C)s2)cc1. The zero-order valence-corrected chi connectivity index (χ0v) is 17.4. The largest absolute Gasteiger partial charge is 0.483 e. The number of ether oxygens (including phenoxy) is 1. The van der Waals surface area contributed by atoms with E-state index in [1.807, 2.05) is 30.5 Å². The number of carbonyl (C=O) groups is 1. The minimum absolute atomic E-state index is 0.0306. The maximum absolute atomic E-state index is 12.2. The van der Waals surface area contributed by atoms with Gasteiger partial charge < -0.3 is 4.74 Å². The minimum atomic E-state index is -0.202. The number of aryl methyl sites for hydroxylation is 1. The lowest BCUT2D eigenvalue weighted by molar-refractivity contribution is -0.118. The summed E-state index contributed by atoms with van der Waals surface area (Å²) in [6, 6.07) is 16.4. The molecule has 28 heavy (non-hydrogen) atoms. The van der Waals surface area contributed by atoms with Crippen LogP contribution in [0.1, 0.15) is 48.3 Å². The lowest BCUT2D eigenvalue weighted by Gasteiger charge is -2.13. The summed E-state index contributed by atoms with van der Waals surface area (Å²) >= 11 is 1.50. The first-order valence-electron chi connectivity index (χ1n) is 9.59. The molecular formula is C23H26N2O2S. The Morgan fingerprint density at radius 3 is 2.54 bits per heavy atom. The Hall–Kier alpha value is -2.66. The number of benzene rings is 2. The first kappa shape index (κ1) is 20.1. The van der Waals surface area contributed by atoms with Gasteiger partial charge in [0, 0.05) is 17.5 Å². The predicted octanol–water partition coefficient (Wildman–Crippen LogP) is 5.44. The van der Waals surface area contributed by atoms with Gasteiger partial charge in [-0.2, -0.15) is 0 Å². The van der Waals surface area contributed by atoms with Crippen LogP contribution in [0.3, 0.4) is 0 Å². The monoisotopic (exact) mass is 394 g/mol. The van der Waals surface area contributed by atoms with E-state index in [0.717, 1.165) is 29.0 Å². The van der Waals surface area contributed by atoms with Crippen molar-refractivity contribution in [1.29, 1.82) is 0 Å². The third-order valence-electron chi connectivity index (χ3n) is 4.51. The molecule has 3 aromatic rings. The van der Waals surface area contributed by atoms with Crippen molar-refractivity contribution in [3.8, 4) is 5.75 Å². The molecule has 5 heteroatoms. The van der Waals surface area contributed by atoms with Gasteiger partial charge in [0.05, 0.1) is 0 Å². The zero-order valence-electron chi connectivity index (χ0n) is 16.6. The number of thiazole rings is 1. The highest BCUT2D eigenvalue weighted by molar-refractivity contribution is 7.15. The maximum atomic E-state index is 12.2. The molecule has 1 amide bonds. The Morgan fingerprint density at radius 1 is 1.11 bits per heavy atom. The van der Waals surface area contributed by atoms with Crippen LogP contribution in [0, 0.1) is 0 Å². The Labute approximate surface area is 170 Å². The lowest BCUT2D eigenvalue weighted by atomic mass is 10.0. The van der Waals surface area contributed by atoms with E-state index >= 15 is 0 Å². The minimum Gasteiger partial charge on any atom is -0.483 e. The number of para-hydroxylation sites is 1. The van der Waals surface area contributed by atoms with Gasteiger partial charge in [-0.15, -0.1) is 11.3 Å². The molecule has 0 aliphatic carbocycles. The Balaban J connectivity index is 1.54. The average Bonchev–Trinajstić information content (AvgIpc) is 3.13. The normalized spacial score (nSPS) is 10.9. The van der Waals surface area contributed by atoms with Gasteiger partial charge in [0.2, 0.25) is 0 Å². The number of rotatable bonds is 8. The van der Waals surface area contributed by atoms with E-state index in [4.69, 9.17) is 4.74 Å². The molecule has 4 nitrogen and oxygen atoms in total. The van der Waals surface area contributed by atoms with Crippen LogP contribution in [0.5, 0.6) is 5.75 Å². The van der Waals surface area contributed by atoms with Crippen molar-refractivity contribution in [3.05, 3.63) is 76.3 Å². The van der Waals surface area contributed by atoms with Crippen molar-refractivity contribution in [2.45, 2.75) is 39.5 Å². The summed E-state index contributed by atoms with van der Waals surface area (Å²) < 4.78 is 5.72. The number of nitrogens with one attached hydrogen (secondary N) is 1. The van der Waals surface area contributed by atoms with Crippen LogP contribution in [0.4, 0.5) is 5.13 Å². The van der Waals surface area contributed by atoms with Crippen molar-refractivity contribution >= 4 is 22.4 Å². The van der Waals surface area contributed by atoms with Crippen molar-refractivity contribution in [3.63, 3.8) is 0 Å². The number of nitrogens with zero attached hydrogens (tertiary/aromatic N) is 1. The quantitative estimate of drug-likeness (QED) is 0.554. The summed E-state index contributed by atoms with van der Waals surface area (Å²) in [4.78, 5) is 17.7. The fraction of sp³-hybridized carbons (Fsp3) is 0.304. The molecule has 0 spiro atoms. The second kappa shape index (κ2) is 9.51. The van der Waals surface area contributed by atoms with Gasteiger partial charge in [-0.25, -0.2) is 4.98 Å². The van der Waals surface area contributed by atoms with Gasteiger partial charge in [-0.3, -0.25) is 10.1 Å². The fourth-order valence-corrected chi connectivity index (χ4v) is 3.79. The van der Waals surface area contributed by atoms with Crippen LogP contribution in [-0.2, 0) is 17.6 Å². The topological polar surface area (TPSA) is 51.2 Å². The van der Waals surface area contributed by atoms with E-state index in [1.165, 1.54) is 22.5 Å². The fourth-order valence-electron chi connectivity index (χ4n) is 2.93. The van der Waals surface area contributed by atoms with E-state index in [2.05, 4.69) is 55.3 Å². The van der Waals surface area contributed by atoms with Crippen LogP contribution in [-0.4, -0.2) is 17.5 Å². The van der Waals surface area contributed by atoms with Crippen LogP contribution in [0.25, 0.3) is 0 Å². The summed E-state index contributed by atoms with van der Waals surface area (Å²) in [5, 5.41) is 3.43. The average molecular weight is 395 g/mol. The molecule has 0 saturated carbocycles.